The molecule has 2 amide bonds. The average molecular weight is 451 g/mol. The summed E-state index contributed by atoms with van der Waals surface area (Å²) in [5.41, 5.74) is 5.93. The van der Waals surface area contributed by atoms with E-state index in [-0.39, 0.29) is 17.4 Å². The van der Waals surface area contributed by atoms with Crippen LogP contribution < -0.4 is 25.8 Å². The normalized spacial score (nSPS) is 10.8. The van der Waals surface area contributed by atoms with Gasteiger partial charge in [0.2, 0.25) is 11.8 Å². The Hall–Kier alpha value is -4.34. The lowest BCUT2D eigenvalue weighted by molar-refractivity contribution is 0.0635. The number of ether oxygens (including phenoxy) is 3. The van der Waals surface area contributed by atoms with E-state index < -0.39 is 17.6 Å². The van der Waals surface area contributed by atoms with Crippen LogP contribution in [0.15, 0.2) is 54.7 Å². The van der Waals surface area contributed by atoms with Crippen LogP contribution in [0.4, 0.5) is 22.1 Å². The average Bonchev–Trinajstić information content (AvgIpc) is 2.72. The molecule has 0 aliphatic rings. The fraction of sp³-hybridized carbons (Fsp3) is 0.217. The number of amides is 2. The molecule has 0 aliphatic carbocycles. The predicted molar refractivity (Wildman–Crippen MR) is 123 cm³/mol. The maximum atomic E-state index is 12.0. The molecule has 10 nitrogen and oxygen atoms in total. The highest BCUT2D eigenvalue weighted by Gasteiger charge is 2.18. The molecule has 3 rings (SSSR count). The van der Waals surface area contributed by atoms with Crippen LogP contribution in [0, 0.1) is 0 Å². The Balaban J connectivity index is 1.82. The summed E-state index contributed by atoms with van der Waals surface area (Å²) >= 11 is 0. The van der Waals surface area contributed by atoms with Gasteiger partial charge in [-0.15, -0.1) is 0 Å². The van der Waals surface area contributed by atoms with E-state index in [4.69, 9.17) is 19.9 Å². The van der Waals surface area contributed by atoms with E-state index in [2.05, 4.69) is 20.6 Å². The maximum Gasteiger partial charge on any atom is 0.412 e. The summed E-state index contributed by atoms with van der Waals surface area (Å²) in [4.78, 5) is 32.3. The lowest BCUT2D eigenvalue weighted by Gasteiger charge is -2.19. The van der Waals surface area contributed by atoms with Crippen molar-refractivity contribution >= 4 is 29.3 Å². The van der Waals surface area contributed by atoms with Crippen molar-refractivity contribution in [1.29, 1.82) is 0 Å². The van der Waals surface area contributed by atoms with Gasteiger partial charge in [0.25, 0.3) is 5.91 Å². The molecule has 3 aromatic rings. The first-order valence-corrected chi connectivity index (χ1v) is 9.99. The number of hydrogen-bond acceptors (Lipinski definition) is 8. The zero-order valence-electron chi connectivity index (χ0n) is 18.7. The molecule has 0 saturated carbocycles. The van der Waals surface area contributed by atoms with Crippen molar-refractivity contribution in [3.63, 3.8) is 0 Å². The van der Waals surface area contributed by atoms with E-state index in [9.17, 15) is 9.59 Å². The highest BCUT2D eigenvalue weighted by atomic mass is 16.6. The number of nitrogens with two attached hydrogens (primary N) is 1. The van der Waals surface area contributed by atoms with E-state index in [1.165, 1.54) is 6.20 Å². The first kappa shape index (κ1) is 23.3. The van der Waals surface area contributed by atoms with Crippen molar-refractivity contribution in [3.8, 4) is 17.4 Å². The maximum absolute atomic E-state index is 12.0. The number of rotatable bonds is 7. The summed E-state index contributed by atoms with van der Waals surface area (Å²) < 4.78 is 16.3. The highest BCUT2D eigenvalue weighted by molar-refractivity contribution is 5.95. The fourth-order valence-corrected chi connectivity index (χ4v) is 2.67. The molecule has 2 aromatic carbocycles. The SMILES string of the molecule is COc1cccc(Nc2ncc(C(N)=O)c(Oc3cccc(NC(=O)OC(C)(C)C)c3)n2)c1. The summed E-state index contributed by atoms with van der Waals surface area (Å²) in [5.74, 6) is 0.362. The Labute approximate surface area is 191 Å². The fourth-order valence-electron chi connectivity index (χ4n) is 2.67. The van der Waals surface area contributed by atoms with E-state index in [1.54, 1.807) is 76.4 Å². The number of aromatic nitrogens is 2. The molecule has 33 heavy (non-hydrogen) atoms. The van der Waals surface area contributed by atoms with Crippen LogP contribution in [0.2, 0.25) is 0 Å². The van der Waals surface area contributed by atoms with Crippen LogP contribution in [-0.2, 0) is 4.74 Å². The Morgan fingerprint density at radius 1 is 1.00 bits per heavy atom. The third-order valence-corrected chi connectivity index (χ3v) is 4.04. The second kappa shape index (κ2) is 9.86. The van der Waals surface area contributed by atoms with Gasteiger partial charge in [0.15, 0.2) is 0 Å². The van der Waals surface area contributed by atoms with Crippen molar-refractivity contribution in [2.45, 2.75) is 26.4 Å². The molecule has 4 N–H and O–H groups in total. The Morgan fingerprint density at radius 2 is 1.67 bits per heavy atom. The standard InChI is InChI=1S/C23H25N5O5/c1-23(2,3)33-22(30)27-15-8-6-10-17(12-15)32-20-18(19(24)29)13-25-21(28-20)26-14-7-5-9-16(11-14)31-4/h5-13H,1-4H3,(H2,24,29)(H,27,30)(H,25,26,28). The number of carbonyl (C=O) groups excluding carboxylic acids is 2. The molecule has 0 unspecified atom stereocenters. The minimum atomic E-state index is -0.749. The number of nitrogens with zero attached hydrogens (tertiary/aromatic N) is 2. The highest BCUT2D eigenvalue weighted by Crippen LogP contribution is 2.27. The van der Waals surface area contributed by atoms with E-state index in [0.717, 1.165) is 0 Å². The number of nitrogens with one attached hydrogen (secondary N) is 2. The number of hydrogen-bond donors (Lipinski definition) is 3. The monoisotopic (exact) mass is 451 g/mol. The van der Waals surface area contributed by atoms with Crippen molar-refractivity contribution in [3.05, 3.63) is 60.3 Å². The summed E-state index contributed by atoms with van der Waals surface area (Å²) in [6.45, 7) is 5.30. The van der Waals surface area contributed by atoms with Crippen molar-refractivity contribution in [2.75, 3.05) is 17.7 Å². The second-order valence-corrected chi connectivity index (χ2v) is 7.89. The number of anilines is 3. The molecule has 1 aromatic heterocycles. The molecule has 0 radical (unpaired) electrons. The lowest BCUT2D eigenvalue weighted by atomic mass is 10.2. The molecule has 0 atom stereocenters. The van der Waals surface area contributed by atoms with Gasteiger partial charge in [-0.1, -0.05) is 12.1 Å². The molecular weight excluding hydrogens is 426 g/mol. The van der Waals surface area contributed by atoms with Crippen molar-refractivity contribution in [1.82, 2.24) is 9.97 Å². The van der Waals surface area contributed by atoms with E-state index >= 15 is 0 Å². The van der Waals surface area contributed by atoms with Gasteiger partial charge >= 0.3 is 6.09 Å². The topological polar surface area (TPSA) is 138 Å². The molecule has 0 aliphatic heterocycles. The first-order valence-electron chi connectivity index (χ1n) is 9.99. The number of methoxy groups -OCH3 is 1. The van der Waals surface area contributed by atoms with Crippen LogP contribution in [0.3, 0.4) is 0 Å². The van der Waals surface area contributed by atoms with Gasteiger partial charge in [-0.3, -0.25) is 10.1 Å². The van der Waals surface area contributed by atoms with E-state index in [1.807, 2.05) is 0 Å². The molecule has 172 valence electrons. The van der Waals surface area contributed by atoms with Crippen LogP contribution in [0.25, 0.3) is 0 Å². The predicted octanol–water partition coefficient (Wildman–Crippen LogP) is 4.47. The van der Waals surface area contributed by atoms with Gasteiger partial charge in [0.1, 0.15) is 22.7 Å². The molecule has 0 bridgehead atoms. The number of benzene rings is 2. The lowest BCUT2D eigenvalue weighted by Crippen LogP contribution is -2.27. The van der Waals surface area contributed by atoms with Crippen LogP contribution in [0.5, 0.6) is 17.4 Å². The Bertz CT molecular complexity index is 1160. The van der Waals surface area contributed by atoms with Crippen LogP contribution >= 0.6 is 0 Å². The van der Waals surface area contributed by atoms with Crippen LogP contribution in [-0.4, -0.2) is 34.7 Å². The van der Waals surface area contributed by atoms with Gasteiger partial charge in [0, 0.05) is 29.7 Å². The zero-order chi connectivity index (χ0) is 24.0. The number of carbonyl (C=O) groups is 2. The first-order chi connectivity index (χ1) is 15.6. The van der Waals surface area contributed by atoms with Gasteiger partial charge in [-0.05, 0) is 45.0 Å². The molecule has 0 saturated heterocycles. The third kappa shape index (κ3) is 6.82. The summed E-state index contributed by atoms with van der Waals surface area (Å²) in [6, 6.07) is 13.7. The van der Waals surface area contributed by atoms with Gasteiger partial charge in [-0.2, -0.15) is 4.98 Å². The second-order valence-electron chi connectivity index (χ2n) is 7.89. The minimum Gasteiger partial charge on any atom is -0.497 e. The third-order valence-electron chi connectivity index (χ3n) is 4.04. The zero-order valence-corrected chi connectivity index (χ0v) is 18.7. The quantitative estimate of drug-likeness (QED) is 0.478. The molecular formula is C23H25N5O5. The summed E-state index contributed by atoms with van der Waals surface area (Å²) in [7, 11) is 1.56. The van der Waals surface area contributed by atoms with Gasteiger partial charge in [0.05, 0.1) is 7.11 Å². The van der Waals surface area contributed by atoms with E-state index in [0.29, 0.717) is 22.9 Å². The molecule has 10 heteroatoms. The Kier molecular flexibility index (Phi) is 6.97. The minimum absolute atomic E-state index is 0.00306. The Morgan fingerprint density at radius 3 is 2.33 bits per heavy atom. The van der Waals surface area contributed by atoms with Crippen molar-refractivity contribution in [2.24, 2.45) is 5.73 Å². The van der Waals surface area contributed by atoms with Gasteiger partial charge < -0.3 is 25.3 Å². The summed E-state index contributed by atoms with van der Waals surface area (Å²) in [6.07, 6.45) is 0.667. The molecule has 0 spiro atoms. The molecule has 1 heterocycles. The summed E-state index contributed by atoms with van der Waals surface area (Å²) in [5, 5.41) is 5.65. The smallest absolute Gasteiger partial charge is 0.412 e. The number of primary amides is 1. The van der Waals surface area contributed by atoms with Crippen LogP contribution in [0.1, 0.15) is 31.1 Å². The largest absolute Gasteiger partial charge is 0.497 e. The van der Waals surface area contributed by atoms with Gasteiger partial charge in [-0.25, -0.2) is 9.78 Å². The van der Waals surface area contributed by atoms with Crippen molar-refractivity contribution < 1.29 is 23.8 Å². The molecule has 0 fully saturated rings.